The molecule has 6 heteroatoms. The maximum Gasteiger partial charge on any atom is 0.315 e. The fraction of sp³-hybridized carbons (Fsp3) is 0.333. The summed E-state index contributed by atoms with van der Waals surface area (Å²) in [5.74, 6) is -0.161. The van der Waals surface area contributed by atoms with Crippen LogP contribution in [0.3, 0.4) is 0 Å². The zero-order chi connectivity index (χ0) is 16.9. The van der Waals surface area contributed by atoms with E-state index in [1.54, 1.807) is 30.6 Å². The minimum absolute atomic E-state index is 0.0965. The first-order valence-corrected chi connectivity index (χ1v) is 8.02. The second kappa shape index (κ2) is 7.29. The number of carbonyl (C=O) groups is 1. The van der Waals surface area contributed by atoms with Crippen molar-refractivity contribution in [1.82, 2.24) is 15.6 Å². The number of amides is 2. The van der Waals surface area contributed by atoms with Crippen molar-refractivity contribution in [2.45, 2.75) is 38.5 Å². The average molecular weight is 329 g/mol. The van der Waals surface area contributed by atoms with Gasteiger partial charge in [-0.05, 0) is 37.5 Å². The van der Waals surface area contributed by atoms with Crippen LogP contribution < -0.4 is 15.4 Å². The van der Waals surface area contributed by atoms with Gasteiger partial charge in [0, 0.05) is 24.5 Å². The van der Waals surface area contributed by atoms with Crippen LogP contribution in [0.5, 0.6) is 5.75 Å². The lowest BCUT2D eigenvalue weighted by atomic mass is 10.1. The van der Waals surface area contributed by atoms with Crippen molar-refractivity contribution in [3.8, 4) is 5.75 Å². The van der Waals surface area contributed by atoms with E-state index >= 15 is 0 Å². The minimum Gasteiger partial charge on any atom is -0.487 e. The van der Waals surface area contributed by atoms with Crippen LogP contribution in [0.1, 0.15) is 36.9 Å². The van der Waals surface area contributed by atoms with E-state index in [9.17, 15) is 9.18 Å². The average Bonchev–Trinajstić information content (AvgIpc) is 3.40. The molecule has 1 aliphatic rings. The lowest BCUT2D eigenvalue weighted by Crippen LogP contribution is -2.36. The van der Waals surface area contributed by atoms with E-state index < -0.39 is 5.82 Å². The van der Waals surface area contributed by atoms with Gasteiger partial charge in [0.15, 0.2) is 11.6 Å². The fourth-order valence-electron chi connectivity index (χ4n) is 2.29. The van der Waals surface area contributed by atoms with Crippen LogP contribution in [0.2, 0.25) is 0 Å². The number of rotatable bonds is 6. The fourth-order valence-corrected chi connectivity index (χ4v) is 2.29. The van der Waals surface area contributed by atoms with Gasteiger partial charge in [-0.25, -0.2) is 9.18 Å². The number of nitrogens with one attached hydrogen (secondary N) is 2. The first-order chi connectivity index (χ1) is 11.6. The minimum atomic E-state index is -0.412. The van der Waals surface area contributed by atoms with E-state index in [-0.39, 0.29) is 30.5 Å². The summed E-state index contributed by atoms with van der Waals surface area (Å²) in [6, 6.07) is 8.13. The Labute approximate surface area is 140 Å². The van der Waals surface area contributed by atoms with Crippen LogP contribution in [0.15, 0.2) is 42.7 Å². The Kier molecular flexibility index (Phi) is 4.93. The lowest BCUT2D eigenvalue weighted by molar-refractivity contribution is 0.237. The first-order valence-electron chi connectivity index (χ1n) is 8.02. The maximum atomic E-state index is 14.3. The van der Waals surface area contributed by atoms with Gasteiger partial charge < -0.3 is 15.4 Å². The number of ether oxygens (including phenoxy) is 1. The van der Waals surface area contributed by atoms with Gasteiger partial charge in [-0.1, -0.05) is 18.2 Å². The van der Waals surface area contributed by atoms with E-state index in [1.165, 1.54) is 0 Å². The number of nitrogens with zero attached hydrogens (tertiary/aromatic N) is 1. The van der Waals surface area contributed by atoms with Gasteiger partial charge in [0.2, 0.25) is 0 Å². The molecule has 0 aliphatic heterocycles. The number of halogens is 1. The molecule has 2 N–H and O–H groups in total. The van der Waals surface area contributed by atoms with Crippen molar-refractivity contribution in [1.29, 1.82) is 0 Å². The number of pyridine rings is 1. The molecule has 2 aromatic rings. The third kappa shape index (κ3) is 4.22. The Hall–Kier alpha value is -2.63. The number of aromatic nitrogens is 1. The number of carbonyl (C=O) groups excluding carboxylic acids is 1. The maximum absolute atomic E-state index is 14.3. The number of hydrogen-bond acceptors (Lipinski definition) is 3. The van der Waals surface area contributed by atoms with Crippen LogP contribution in [0, 0.1) is 5.82 Å². The monoisotopic (exact) mass is 329 g/mol. The third-order valence-electron chi connectivity index (χ3n) is 3.83. The molecule has 2 amide bonds. The Morgan fingerprint density at radius 1 is 1.38 bits per heavy atom. The second-order valence-corrected chi connectivity index (χ2v) is 5.88. The third-order valence-corrected chi connectivity index (χ3v) is 3.83. The number of urea groups is 1. The molecule has 0 radical (unpaired) electrons. The molecule has 1 atom stereocenters. The van der Waals surface area contributed by atoms with Crippen LogP contribution in [-0.2, 0) is 6.54 Å². The SMILES string of the molecule is C[C@H](NC(=O)NCc1cccc(OC2CC2)c1F)c1cccnc1. The second-order valence-electron chi connectivity index (χ2n) is 5.88. The summed E-state index contributed by atoms with van der Waals surface area (Å²) in [7, 11) is 0. The van der Waals surface area contributed by atoms with Gasteiger partial charge in [-0.3, -0.25) is 4.98 Å². The normalized spacial score (nSPS) is 14.8. The Morgan fingerprint density at radius 3 is 2.92 bits per heavy atom. The van der Waals surface area contributed by atoms with Crippen LogP contribution in [0.4, 0.5) is 9.18 Å². The molecule has 0 unspecified atom stereocenters. The topological polar surface area (TPSA) is 63.2 Å². The highest BCUT2D eigenvalue weighted by Crippen LogP contribution is 2.29. The predicted molar refractivity (Wildman–Crippen MR) is 88.1 cm³/mol. The van der Waals surface area contributed by atoms with Gasteiger partial charge in [0.05, 0.1) is 12.1 Å². The molecule has 1 heterocycles. The first kappa shape index (κ1) is 16.2. The van der Waals surface area contributed by atoms with Gasteiger partial charge in [0.1, 0.15) is 0 Å². The van der Waals surface area contributed by atoms with E-state index in [0.717, 1.165) is 18.4 Å². The molecule has 5 nitrogen and oxygen atoms in total. The highest BCUT2D eigenvalue weighted by atomic mass is 19.1. The van der Waals surface area contributed by atoms with Gasteiger partial charge in [0.25, 0.3) is 0 Å². The van der Waals surface area contributed by atoms with E-state index in [4.69, 9.17) is 4.74 Å². The Morgan fingerprint density at radius 2 is 2.21 bits per heavy atom. The molecule has 0 spiro atoms. The molecular weight excluding hydrogens is 309 g/mol. The standard InChI is InChI=1S/C18H20FN3O2/c1-12(13-5-3-9-20-10-13)22-18(23)21-11-14-4-2-6-16(17(14)19)24-15-7-8-15/h2-6,9-10,12,15H,7-8,11H2,1H3,(H2,21,22,23)/t12-/m0/s1. The molecule has 1 saturated carbocycles. The van der Waals surface area contributed by atoms with E-state index in [1.807, 2.05) is 19.1 Å². The lowest BCUT2D eigenvalue weighted by Gasteiger charge is -2.15. The van der Waals surface area contributed by atoms with Crippen molar-refractivity contribution in [2.24, 2.45) is 0 Å². The van der Waals surface area contributed by atoms with Crippen molar-refractivity contribution in [2.75, 3.05) is 0 Å². The summed E-state index contributed by atoms with van der Waals surface area (Å²) < 4.78 is 19.8. The summed E-state index contributed by atoms with van der Waals surface area (Å²) in [4.78, 5) is 16.0. The summed E-state index contributed by atoms with van der Waals surface area (Å²) >= 11 is 0. The summed E-state index contributed by atoms with van der Waals surface area (Å²) in [5.41, 5.74) is 1.30. The molecule has 1 aliphatic carbocycles. The molecule has 1 aromatic heterocycles. The molecule has 1 aromatic carbocycles. The van der Waals surface area contributed by atoms with Gasteiger partial charge in [-0.15, -0.1) is 0 Å². The van der Waals surface area contributed by atoms with Crippen molar-refractivity contribution < 1.29 is 13.9 Å². The molecule has 126 valence electrons. The zero-order valence-corrected chi connectivity index (χ0v) is 13.5. The smallest absolute Gasteiger partial charge is 0.315 e. The zero-order valence-electron chi connectivity index (χ0n) is 13.5. The molecular formula is C18H20FN3O2. The largest absolute Gasteiger partial charge is 0.487 e. The van der Waals surface area contributed by atoms with Crippen molar-refractivity contribution >= 4 is 6.03 Å². The molecule has 24 heavy (non-hydrogen) atoms. The number of hydrogen-bond donors (Lipinski definition) is 2. The molecule has 0 bridgehead atoms. The van der Waals surface area contributed by atoms with Crippen LogP contribution in [-0.4, -0.2) is 17.1 Å². The van der Waals surface area contributed by atoms with Crippen LogP contribution >= 0.6 is 0 Å². The summed E-state index contributed by atoms with van der Waals surface area (Å²) in [5, 5.41) is 5.47. The van der Waals surface area contributed by atoms with Crippen molar-refractivity contribution in [3.63, 3.8) is 0 Å². The van der Waals surface area contributed by atoms with Crippen LogP contribution in [0.25, 0.3) is 0 Å². The molecule has 3 rings (SSSR count). The predicted octanol–water partition coefficient (Wildman–Crippen LogP) is 3.32. The highest BCUT2D eigenvalue weighted by molar-refractivity contribution is 5.74. The summed E-state index contributed by atoms with van der Waals surface area (Å²) in [6.07, 6.45) is 5.44. The number of benzene rings is 1. The van der Waals surface area contributed by atoms with E-state index in [2.05, 4.69) is 15.6 Å². The highest BCUT2D eigenvalue weighted by Gasteiger charge is 2.25. The molecule has 1 fully saturated rings. The van der Waals surface area contributed by atoms with E-state index in [0.29, 0.717) is 5.56 Å². The molecule has 0 saturated heterocycles. The van der Waals surface area contributed by atoms with Crippen molar-refractivity contribution in [3.05, 3.63) is 59.7 Å². The van der Waals surface area contributed by atoms with Gasteiger partial charge >= 0.3 is 6.03 Å². The summed E-state index contributed by atoms with van der Waals surface area (Å²) in [6.45, 7) is 1.96. The Bertz CT molecular complexity index is 705. The van der Waals surface area contributed by atoms with Gasteiger partial charge in [-0.2, -0.15) is 0 Å². The quantitative estimate of drug-likeness (QED) is 0.854. The Balaban J connectivity index is 1.54.